The van der Waals surface area contributed by atoms with E-state index in [4.69, 9.17) is 5.73 Å². The van der Waals surface area contributed by atoms with Crippen LogP contribution < -0.4 is 16.3 Å². The smallest absolute Gasteiger partial charge is 0.0659 e. The maximum atomic E-state index is 5.64. The first kappa shape index (κ1) is 11.6. The summed E-state index contributed by atoms with van der Waals surface area (Å²) in [6, 6.07) is 9.67. The van der Waals surface area contributed by atoms with Crippen LogP contribution >= 0.6 is 0 Å². The molecule has 1 aromatic carbocycles. The molecule has 0 bridgehead atoms. The minimum absolute atomic E-state index is 0.756. The van der Waals surface area contributed by atoms with Crippen molar-refractivity contribution < 1.29 is 0 Å². The summed E-state index contributed by atoms with van der Waals surface area (Å²) >= 11 is 0. The van der Waals surface area contributed by atoms with Gasteiger partial charge in [0.1, 0.15) is 0 Å². The van der Waals surface area contributed by atoms with Gasteiger partial charge in [0.25, 0.3) is 0 Å². The number of anilines is 1. The second-order valence-electron chi connectivity index (χ2n) is 4.56. The van der Waals surface area contributed by atoms with Gasteiger partial charge in [-0.05, 0) is 48.4 Å². The number of nitrogen functional groups attached to an aromatic ring is 1. The van der Waals surface area contributed by atoms with Crippen molar-refractivity contribution in [2.45, 2.75) is 12.8 Å². The predicted octanol–water partition coefficient (Wildman–Crippen LogP) is 1.42. The average molecular weight is 246 g/mol. The number of rotatable bonds is 0. The SMILES string of the molecule is Nc1ccc(C#Cc2cnc3c(c2)=CCCC=3)cc1. The van der Waals surface area contributed by atoms with Gasteiger partial charge in [-0.25, -0.2) is 0 Å². The number of benzene rings is 1. The third-order valence-corrected chi connectivity index (χ3v) is 3.08. The minimum Gasteiger partial charge on any atom is -0.399 e. The van der Waals surface area contributed by atoms with Crippen molar-refractivity contribution in [1.29, 1.82) is 0 Å². The van der Waals surface area contributed by atoms with E-state index in [2.05, 4.69) is 35.0 Å². The van der Waals surface area contributed by atoms with Crippen LogP contribution in [0.2, 0.25) is 0 Å². The molecule has 1 aliphatic rings. The topological polar surface area (TPSA) is 38.9 Å². The van der Waals surface area contributed by atoms with E-state index in [0.717, 1.165) is 35.0 Å². The monoisotopic (exact) mass is 246 g/mol. The van der Waals surface area contributed by atoms with Gasteiger partial charge in [-0.2, -0.15) is 0 Å². The first-order valence-electron chi connectivity index (χ1n) is 6.35. The quantitative estimate of drug-likeness (QED) is 0.564. The molecule has 1 heterocycles. The molecule has 0 saturated heterocycles. The Morgan fingerprint density at radius 1 is 0.947 bits per heavy atom. The third kappa shape index (κ3) is 2.66. The van der Waals surface area contributed by atoms with Crippen molar-refractivity contribution in [3.05, 3.63) is 58.2 Å². The van der Waals surface area contributed by atoms with Gasteiger partial charge in [-0.3, -0.25) is 4.98 Å². The molecule has 19 heavy (non-hydrogen) atoms. The molecule has 0 unspecified atom stereocenters. The average Bonchev–Trinajstić information content (AvgIpc) is 2.46. The number of hydrogen-bond donors (Lipinski definition) is 1. The molecular weight excluding hydrogens is 232 g/mol. The molecule has 2 aromatic rings. The van der Waals surface area contributed by atoms with E-state index in [0.29, 0.717) is 0 Å². The number of hydrogen-bond acceptors (Lipinski definition) is 2. The van der Waals surface area contributed by atoms with Gasteiger partial charge >= 0.3 is 0 Å². The molecular formula is C17H14N2. The van der Waals surface area contributed by atoms with Crippen LogP contribution in [0.3, 0.4) is 0 Å². The van der Waals surface area contributed by atoms with Crippen LogP contribution in [0.1, 0.15) is 24.0 Å². The lowest BCUT2D eigenvalue weighted by molar-refractivity contribution is 1.07. The fourth-order valence-electron chi connectivity index (χ4n) is 2.06. The van der Waals surface area contributed by atoms with Gasteiger partial charge in [0.05, 0.1) is 5.35 Å². The van der Waals surface area contributed by atoms with Gasteiger partial charge < -0.3 is 5.73 Å². The number of nitrogens with zero attached hydrogens (tertiary/aromatic N) is 1. The highest BCUT2D eigenvalue weighted by Crippen LogP contribution is 2.04. The molecule has 2 N–H and O–H groups in total. The zero-order chi connectivity index (χ0) is 13.1. The van der Waals surface area contributed by atoms with Crippen LogP contribution in [0.5, 0.6) is 0 Å². The molecule has 2 nitrogen and oxygen atoms in total. The van der Waals surface area contributed by atoms with E-state index in [1.165, 1.54) is 5.22 Å². The van der Waals surface area contributed by atoms with E-state index < -0.39 is 0 Å². The van der Waals surface area contributed by atoms with Crippen LogP contribution in [0.4, 0.5) is 5.69 Å². The van der Waals surface area contributed by atoms with Crippen molar-refractivity contribution in [2.75, 3.05) is 5.73 Å². The number of aromatic nitrogens is 1. The summed E-state index contributed by atoms with van der Waals surface area (Å²) in [5.41, 5.74) is 8.31. The molecule has 0 atom stereocenters. The summed E-state index contributed by atoms with van der Waals surface area (Å²) in [5, 5.41) is 2.26. The summed E-state index contributed by atoms with van der Waals surface area (Å²) in [5.74, 6) is 6.27. The maximum Gasteiger partial charge on any atom is 0.0659 e. The first-order chi connectivity index (χ1) is 9.31. The third-order valence-electron chi connectivity index (χ3n) is 3.08. The van der Waals surface area contributed by atoms with Crippen LogP contribution in [0, 0.1) is 11.8 Å². The van der Waals surface area contributed by atoms with E-state index in [1.54, 1.807) is 0 Å². The normalized spacial score (nSPS) is 12.4. The van der Waals surface area contributed by atoms with E-state index in [1.807, 2.05) is 30.5 Å². The molecule has 0 spiro atoms. The van der Waals surface area contributed by atoms with E-state index in [-0.39, 0.29) is 0 Å². The highest BCUT2D eigenvalue weighted by Gasteiger charge is 1.95. The lowest BCUT2D eigenvalue weighted by Gasteiger charge is -1.99. The van der Waals surface area contributed by atoms with Gasteiger partial charge in [0, 0.05) is 23.0 Å². The lowest BCUT2D eigenvalue weighted by Crippen LogP contribution is -2.29. The molecule has 92 valence electrons. The van der Waals surface area contributed by atoms with Gasteiger partial charge in [0.2, 0.25) is 0 Å². The van der Waals surface area contributed by atoms with Crippen LogP contribution in [0.15, 0.2) is 36.5 Å². The van der Waals surface area contributed by atoms with Crippen LogP contribution in [-0.2, 0) is 0 Å². The summed E-state index contributed by atoms with van der Waals surface area (Å²) in [7, 11) is 0. The van der Waals surface area contributed by atoms with Gasteiger partial charge in [-0.15, -0.1) is 0 Å². The van der Waals surface area contributed by atoms with E-state index in [9.17, 15) is 0 Å². The zero-order valence-corrected chi connectivity index (χ0v) is 10.6. The van der Waals surface area contributed by atoms with Crippen LogP contribution in [0.25, 0.3) is 12.2 Å². The Labute approximate surface area is 112 Å². The molecule has 0 saturated carbocycles. The number of pyridine rings is 1. The van der Waals surface area contributed by atoms with Crippen molar-refractivity contribution in [2.24, 2.45) is 0 Å². The predicted molar refractivity (Wildman–Crippen MR) is 78.5 cm³/mol. The standard InChI is InChI=1S/C17H14N2/c18-16-9-7-13(8-10-16)5-6-14-11-15-3-1-2-4-17(15)19-12-14/h3-4,7-12H,1-2,18H2. The fourth-order valence-corrected chi connectivity index (χ4v) is 2.06. The Morgan fingerprint density at radius 2 is 1.68 bits per heavy atom. The minimum atomic E-state index is 0.756. The highest BCUT2D eigenvalue weighted by atomic mass is 14.6. The van der Waals surface area contributed by atoms with Gasteiger partial charge in [0.15, 0.2) is 0 Å². The fraction of sp³-hybridized carbons (Fsp3) is 0.118. The second kappa shape index (κ2) is 4.99. The molecule has 0 radical (unpaired) electrons. The van der Waals surface area contributed by atoms with Crippen molar-refractivity contribution in [3.8, 4) is 11.8 Å². The number of fused-ring (bicyclic) bond motifs is 1. The lowest BCUT2D eigenvalue weighted by atomic mass is 10.1. The Kier molecular flexibility index (Phi) is 3.04. The summed E-state index contributed by atoms with van der Waals surface area (Å²) in [6.07, 6.45) is 8.39. The molecule has 0 fully saturated rings. The summed E-state index contributed by atoms with van der Waals surface area (Å²) < 4.78 is 0. The Hall–Kier alpha value is -2.53. The van der Waals surface area contributed by atoms with Crippen molar-refractivity contribution >= 4 is 17.8 Å². The molecule has 1 aromatic heterocycles. The van der Waals surface area contributed by atoms with Gasteiger partial charge in [-0.1, -0.05) is 24.0 Å². The second-order valence-corrected chi connectivity index (χ2v) is 4.56. The highest BCUT2D eigenvalue weighted by molar-refractivity contribution is 5.48. The first-order valence-corrected chi connectivity index (χ1v) is 6.35. The maximum absolute atomic E-state index is 5.64. The molecule has 0 amide bonds. The zero-order valence-electron chi connectivity index (χ0n) is 10.6. The summed E-state index contributed by atoms with van der Waals surface area (Å²) in [4.78, 5) is 4.44. The molecule has 0 aliphatic heterocycles. The van der Waals surface area contributed by atoms with E-state index >= 15 is 0 Å². The van der Waals surface area contributed by atoms with Crippen molar-refractivity contribution in [1.82, 2.24) is 4.98 Å². The Balaban J connectivity index is 1.95. The Morgan fingerprint density at radius 3 is 2.53 bits per heavy atom. The molecule has 1 aliphatic carbocycles. The summed E-state index contributed by atoms with van der Waals surface area (Å²) in [6.45, 7) is 0. The number of nitrogens with two attached hydrogens (primary N) is 1. The molecule has 3 rings (SSSR count). The van der Waals surface area contributed by atoms with Crippen molar-refractivity contribution in [3.63, 3.8) is 0 Å². The Bertz CT molecular complexity index is 775. The van der Waals surface area contributed by atoms with Crippen LogP contribution in [-0.4, -0.2) is 4.98 Å². The molecule has 2 heteroatoms. The largest absolute Gasteiger partial charge is 0.399 e.